The van der Waals surface area contributed by atoms with E-state index in [4.69, 9.17) is 0 Å². The Morgan fingerprint density at radius 2 is 0.706 bits per heavy atom. The van der Waals surface area contributed by atoms with E-state index in [0.29, 0.717) is 11.1 Å². The SMILES string of the molecule is [O]c1c(-c2ccc(Br)cc2)c(-c2ccccc2)c(Br)c(-c2ccccc2)c1-c1ccc(Br)cc1. The van der Waals surface area contributed by atoms with E-state index in [9.17, 15) is 5.11 Å². The van der Waals surface area contributed by atoms with Crippen LogP contribution in [0.2, 0.25) is 0 Å². The van der Waals surface area contributed by atoms with Crippen molar-refractivity contribution in [1.29, 1.82) is 0 Å². The maximum Gasteiger partial charge on any atom is 0.195 e. The molecule has 5 rings (SSSR count). The smallest absolute Gasteiger partial charge is 0.195 e. The van der Waals surface area contributed by atoms with Gasteiger partial charge in [-0.2, -0.15) is 0 Å². The predicted molar refractivity (Wildman–Crippen MR) is 151 cm³/mol. The average Bonchev–Trinajstić information content (AvgIpc) is 2.87. The van der Waals surface area contributed by atoms with Crippen LogP contribution in [0.3, 0.4) is 0 Å². The van der Waals surface area contributed by atoms with Crippen molar-refractivity contribution < 1.29 is 5.11 Å². The Morgan fingerprint density at radius 1 is 0.382 bits per heavy atom. The molecule has 0 heterocycles. The molecule has 1 radical (unpaired) electrons. The molecule has 5 aromatic rings. The van der Waals surface area contributed by atoms with Gasteiger partial charge in [0, 0.05) is 35.7 Å². The van der Waals surface area contributed by atoms with Crippen LogP contribution >= 0.6 is 47.8 Å². The van der Waals surface area contributed by atoms with Crippen molar-refractivity contribution in [3.8, 4) is 50.3 Å². The fourth-order valence-corrected chi connectivity index (χ4v) is 5.62. The molecule has 4 heteroatoms. The molecule has 0 saturated carbocycles. The summed E-state index contributed by atoms with van der Waals surface area (Å²) in [5.74, 6) is 0.00514. The zero-order valence-electron chi connectivity index (χ0n) is 17.9. The number of benzene rings is 5. The van der Waals surface area contributed by atoms with E-state index in [1.807, 2.05) is 84.9 Å². The third-order valence-corrected chi connectivity index (χ3v) is 7.63. The van der Waals surface area contributed by atoms with Crippen LogP contribution in [-0.2, 0) is 5.11 Å². The molecule has 0 atom stereocenters. The molecule has 0 aliphatic carbocycles. The zero-order valence-corrected chi connectivity index (χ0v) is 22.7. The van der Waals surface area contributed by atoms with Gasteiger partial charge in [0.15, 0.2) is 5.75 Å². The third kappa shape index (κ3) is 4.38. The minimum Gasteiger partial charge on any atom is -0.289 e. The molecule has 0 fully saturated rings. The van der Waals surface area contributed by atoms with E-state index < -0.39 is 0 Å². The van der Waals surface area contributed by atoms with E-state index in [-0.39, 0.29) is 5.75 Å². The van der Waals surface area contributed by atoms with Gasteiger partial charge in [0.05, 0.1) is 0 Å². The molecule has 0 N–H and O–H groups in total. The lowest BCUT2D eigenvalue weighted by molar-refractivity contribution is 0.359. The summed E-state index contributed by atoms with van der Waals surface area (Å²) in [6.07, 6.45) is 0. The average molecular weight is 634 g/mol. The van der Waals surface area contributed by atoms with Gasteiger partial charge in [-0.05, 0) is 62.4 Å². The van der Waals surface area contributed by atoms with Crippen molar-refractivity contribution in [1.82, 2.24) is 0 Å². The number of hydrogen-bond acceptors (Lipinski definition) is 0. The largest absolute Gasteiger partial charge is 0.289 e. The summed E-state index contributed by atoms with van der Waals surface area (Å²) in [7, 11) is 0. The van der Waals surface area contributed by atoms with Crippen LogP contribution in [0.15, 0.2) is 123 Å². The quantitative estimate of drug-likeness (QED) is 0.188. The topological polar surface area (TPSA) is 19.9 Å². The van der Waals surface area contributed by atoms with Gasteiger partial charge in [-0.15, -0.1) is 0 Å². The lowest BCUT2D eigenvalue weighted by Crippen LogP contribution is -1.96. The van der Waals surface area contributed by atoms with Crippen LogP contribution < -0.4 is 0 Å². The first kappa shape index (κ1) is 23.1. The van der Waals surface area contributed by atoms with Gasteiger partial charge in [-0.25, -0.2) is 0 Å². The maximum absolute atomic E-state index is 14.4. The first-order valence-electron chi connectivity index (χ1n) is 10.7. The van der Waals surface area contributed by atoms with E-state index >= 15 is 0 Å². The monoisotopic (exact) mass is 631 g/mol. The van der Waals surface area contributed by atoms with Crippen molar-refractivity contribution in [3.05, 3.63) is 123 Å². The lowest BCUT2D eigenvalue weighted by atomic mass is 9.84. The van der Waals surface area contributed by atoms with Crippen LogP contribution in [0.25, 0.3) is 44.5 Å². The predicted octanol–water partition coefficient (Wildman–Crippen LogP) is 10.8. The molecule has 0 spiro atoms. The summed E-state index contributed by atoms with van der Waals surface area (Å²) in [6.45, 7) is 0. The summed E-state index contributed by atoms with van der Waals surface area (Å²) in [5, 5.41) is 14.4. The fourth-order valence-electron chi connectivity index (χ4n) is 4.23. The van der Waals surface area contributed by atoms with Gasteiger partial charge in [-0.1, -0.05) is 117 Å². The molecular formula is C30H18Br3O. The van der Waals surface area contributed by atoms with Crippen molar-refractivity contribution in [3.63, 3.8) is 0 Å². The Balaban J connectivity index is 1.95. The van der Waals surface area contributed by atoms with Crippen molar-refractivity contribution in [2.75, 3.05) is 0 Å². The molecule has 1 nitrogen and oxygen atoms in total. The minimum absolute atomic E-state index is 0.00514. The molecule has 0 amide bonds. The third-order valence-electron chi connectivity index (χ3n) is 5.78. The van der Waals surface area contributed by atoms with Crippen LogP contribution in [0.5, 0.6) is 5.75 Å². The van der Waals surface area contributed by atoms with Gasteiger partial charge >= 0.3 is 0 Å². The normalized spacial score (nSPS) is 10.9. The lowest BCUT2D eigenvalue weighted by Gasteiger charge is -2.22. The molecule has 0 bridgehead atoms. The van der Waals surface area contributed by atoms with Crippen molar-refractivity contribution in [2.24, 2.45) is 0 Å². The van der Waals surface area contributed by atoms with Crippen LogP contribution in [0, 0.1) is 0 Å². The molecular weight excluding hydrogens is 616 g/mol. The summed E-state index contributed by atoms with van der Waals surface area (Å²) in [5.41, 5.74) is 6.90. The van der Waals surface area contributed by atoms with E-state index in [2.05, 4.69) is 72.1 Å². The molecule has 0 unspecified atom stereocenters. The standard InChI is InChI=1S/C30H18Br3O/c31-23-15-11-21(12-16-23)27-25(19-7-3-1-4-8-19)29(33)26(20-9-5-2-6-10-20)28(30(27)34)22-13-17-24(32)18-14-22/h1-18H. The summed E-state index contributed by atoms with van der Waals surface area (Å²) >= 11 is 11.0. The van der Waals surface area contributed by atoms with Gasteiger partial charge in [0.25, 0.3) is 0 Å². The Hall–Kier alpha value is -2.66. The molecule has 0 saturated heterocycles. The van der Waals surface area contributed by atoms with Crippen molar-refractivity contribution >= 4 is 47.8 Å². The highest BCUT2D eigenvalue weighted by Gasteiger charge is 2.27. The van der Waals surface area contributed by atoms with E-state index in [0.717, 1.165) is 46.8 Å². The number of rotatable bonds is 4. The Kier molecular flexibility index (Phi) is 6.73. The highest BCUT2D eigenvalue weighted by Crippen LogP contribution is 2.54. The summed E-state index contributed by atoms with van der Waals surface area (Å²) < 4.78 is 2.84. The Morgan fingerprint density at radius 3 is 1.06 bits per heavy atom. The fraction of sp³-hybridized carbons (Fsp3) is 0. The first-order valence-corrected chi connectivity index (χ1v) is 13.1. The summed E-state index contributed by atoms with van der Waals surface area (Å²) in [4.78, 5) is 0. The second-order valence-corrected chi connectivity index (χ2v) is 10.5. The Bertz CT molecular complexity index is 1330. The van der Waals surface area contributed by atoms with Crippen molar-refractivity contribution in [2.45, 2.75) is 0 Å². The number of halogens is 3. The minimum atomic E-state index is 0.00514. The van der Waals surface area contributed by atoms with Gasteiger partial charge in [0.1, 0.15) is 0 Å². The van der Waals surface area contributed by atoms with Crippen LogP contribution in [0.4, 0.5) is 0 Å². The second kappa shape index (κ2) is 9.91. The molecule has 34 heavy (non-hydrogen) atoms. The highest BCUT2D eigenvalue weighted by molar-refractivity contribution is 9.11. The first-order chi connectivity index (χ1) is 16.5. The van der Waals surface area contributed by atoms with E-state index in [1.54, 1.807) is 0 Å². The summed E-state index contributed by atoms with van der Waals surface area (Å²) in [6, 6.07) is 36.1. The molecule has 5 aromatic carbocycles. The van der Waals surface area contributed by atoms with Gasteiger partial charge < -0.3 is 0 Å². The van der Waals surface area contributed by atoms with E-state index in [1.165, 1.54) is 0 Å². The maximum atomic E-state index is 14.4. The number of hydrogen-bond donors (Lipinski definition) is 0. The molecule has 0 aliphatic rings. The van der Waals surface area contributed by atoms with Crippen LogP contribution in [-0.4, -0.2) is 0 Å². The molecule has 0 aromatic heterocycles. The zero-order chi connectivity index (χ0) is 23.7. The second-order valence-electron chi connectivity index (χ2n) is 7.89. The molecule has 0 aliphatic heterocycles. The van der Waals surface area contributed by atoms with Gasteiger partial charge in [-0.3, -0.25) is 5.11 Å². The van der Waals surface area contributed by atoms with Gasteiger partial charge in [0.2, 0.25) is 0 Å². The van der Waals surface area contributed by atoms with Crippen LogP contribution in [0.1, 0.15) is 0 Å². The molecule has 165 valence electrons. The Labute approximate surface area is 224 Å². The highest BCUT2D eigenvalue weighted by atomic mass is 79.9.